The molecule has 4 aromatic rings. The van der Waals surface area contributed by atoms with E-state index in [0.717, 1.165) is 7.11 Å². The number of carbonyl (C=O) groups is 1. The van der Waals surface area contributed by atoms with Crippen LogP contribution in [0.5, 0.6) is 17.2 Å². The van der Waals surface area contributed by atoms with Crippen LogP contribution in [0.25, 0.3) is 11.2 Å². The molecule has 11 heteroatoms. The number of halogens is 3. The number of rotatable bonds is 5. The van der Waals surface area contributed by atoms with Crippen LogP contribution in [0.3, 0.4) is 0 Å². The predicted octanol–water partition coefficient (Wildman–Crippen LogP) is 3.72. The largest absolute Gasteiger partial charge is 0.493 e. The molecule has 0 radical (unpaired) electrons. The number of H-pyrrole nitrogens is 2. The molecule has 3 N–H and O–H groups in total. The minimum absolute atomic E-state index is 0.225. The first-order chi connectivity index (χ1) is 14.9. The molecule has 31 heavy (non-hydrogen) atoms. The lowest BCUT2D eigenvalue weighted by molar-refractivity contribution is 0.102. The van der Waals surface area contributed by atoms with E-state index >= 15 is 0 Å². The van der Waals surface area contributed by atoms with Crippen molar-refractivity contribution < 1.29 is 27.4 Å². The summed E-state index contributed by atoms with van der Waals surface area (Å²) in [5, 5.41) is 2.44. The molecule has 0 saturated heterocycles. The Morgan fingerprint density at radius 1 is 1.10 bits per heavy atom. The van der Waals surface area contributed by atoms with Gasteiger partial charge in [0.25, 0.3) is 5.91 Å². The van der Waals surface area contributed by atoms with Crippen LogP contribution in [0.2, 0.25) is 0 Å². The summed E-state index contributed by atoms with van der Waals surface area (Å²) in [6.45, 7) is 0. The van der Waals surface area contributed by atoms with E-state index < -0.39 is 40.4 Å². The van der Waals surface area contributed by atoms with Crippen LogP contribution in [-0.4, -0.2) is 28.0 Å². The van der Waals surface area contributed by atoms with Crippen molar-refractivity contribution in [1.82, 2.24) is 15.0 Å². The SMILES string of the molecule is COc1c(C(=O)Nc2cccc(Oc3ccnc4[nH]c(=O)[nH]c34)c2)cc(F)c(F)c1F. The van der Waals surface area contributed by atoms with Gasteiger partial charge in [0, 0.05) is 24.0 Å². The Morgan fingerprint density at radius 2 is 1.90 bits per heavy atom. The predicted molar refractivity (Wildman–Crippen MR) is 104 cm³/mol. The topological polar surface area (TPSA) is 109 Å². The van der Waals surface area contributed by atoms with Gasteiger partial charge in [-0.25, -0.2) is 18.6 Å². The Balaban J connectivity index is 1.61. The summed E-state index contributed by atoms with van der Waals surface area (Å²) in [6, 6.07) is 8.18. The number of hydrogen-bond acceptors (Lipinski definition) is 5. The summed E-state index contributed by atoms with van der Waals surface area (Å²) in [5.41, 5.74) is -0.0934. The second-order valence-corrected chi connectivity index (χ2v) is 6.26. The fourth-order valence-electron chi connectivity index (χ4n) is 2.91. The molecule has 158 valence electrons. The van der Waals surface area contributed by atoms with Crippen LogP contribution in [0.15, 0.2) is 47.4 Å². The van der Waals surface area contributed by atoms with E-state index in [1.54, 1.807) is 12.1 Å². The molecule has 2 aromatic carbocycles. The van der Waals surface area contributed by atoms with Crippen molar-refractivity contribution in [2.75, 3.05) is 12.4 Å². The zero-order chi connectivity index (χ0) is 22.1. The molecule has 8 nitrogen and oxygen atoms in total. The number of benzene rings is 2. The number of hydrogen-bond donors (Lipinski definition) is 3. The molecule has 0 bridgehead atoms. The monoisotopic (exact) mass is 430 g/mol. The van der Waals surface area contributed by atoms with Gasteiger partial charge in [-0.15, -0.1) is 0 Å². The zero-order valence-electron chi connectivity index (χ0n) is 15.8. The molecular weight excluding hydrogens is 417 g/mol. The third-order valence-electron chi connectivity index (χ3n) is 4.27. The van der Waals surface area contributed by atoms with E-state index in [1.807, 2.05) is 0 Å². The Hall–Kier alpha value is -4.28. The highest BCUT2D eigenvalue weighted by molar-refractivity contribution is 6.06. The summed E-state index contributed by atoms with van der Waals surface area (Å²) < 4.78 is 51.4. The van der Waals surface area contributed by atoms with E-state index in [0.29, 0.717) is 23.0 Å². The van der Waals surface area contributed by atoms with Crippen molar-refractivity contribution in [2.24, 2.45) is 0 Å². The minimum Gasteiger partial charge on any atom is -0.493 e. The van der Waals surface area contributed by atoms with Crippen molar-refractivity contribution in [3.8, 4) is 17.2 Å². The normalized spacial score (nSPS) is 10.8. The molecule has 2 heterocycles. The number of nitrogens with zero attached hydrogens (tertiary/aromatic N) is 1. The van der Waals surface area contributed by atoms with Crippen molar-refractivity contribution in [3.05, 3.63) is 76.1 Å². The number of methoxy groups -OCH3 is 1. The maximum absolute atomic E-state index is 13.9. The van der Waals surface area contributed by atoms with E-state index in [4.69, 9.17) is 9.47 Å². The summed E-state index contributed by atoms with van der Waals surface area (Å²) in [7, 11) is 1.03. The summed E-state index contributed by atoms with van der Waals surface area (Å²) >= 11 is 0. The van der Waals surface area contributed by atoms with Crippen LogP contribution in [0.1, 0.15) is 10.4 Å². The van der Waals surface area contributed by atoms with Crippen LogP contribution < -0.4 is 20.5 Å². The number of ether oxygens (including phenoxy) is 2. The number of nitrogens with one attached hydrogen (secondary N) is 3. The molecule has 1 amide bonds. The van der Waals surface area contributed by atoms with Gasteiger partial charge in [0.15, 0.2) is 28.8 Å². The van der Waals surface area contributed by atoms with E-state index in [-0.39, 0.29) is 11.4 Å². The quantitative estimate of drug-likeness (QED) is 0.418. The first kappa shape index (κ1) is 20.0. The van der Waals surface area contributed by atoms with Gasteiger partial charge in [0.05, 0.1) is 12.7 Å². The van der Waals surface area contributed by atoms with E-state index in [1.165, 1.54) is 24.4 Å². The summed E-state index contributed by atoms with van der Waals surface area (Å²) in [5.74, 6) is -5.93. The highest BCUT2D eigenvalue weighted by atomic mass is 19.2. The number of pyridine rings is 1. The fourth-order valence-corrected chi connectivity index (χ4v) is 2.91. The van der Waals surface area contributed by atoms with Gasteiger partial charge in [0.2, 0.25) is 5.82 Å². The molecule has 0 fully saturated rings. The molecule has 0 spiro atoms. The number of amides is 1. The van der Waals surface area contributed by atoms with Crippen LogP contribution >= 0.6 is 0 Å². The lowest BCUT2D eigenvalue weighted by atomic mass is 10.1. The van der Waals surface area contributed by atoms with Gasteiger partial charge >= 0.3 is 5.69 Å². The Bertz CT molecular complexity index is 1370. The minimum atomic E-state index is -1.74. The highest BCUT2D eigenvalue weighted by Gasteiger charge is 2.24. The third kappa shape index (κ3) is 3.80. The first-order valence-electron chi connectivity index (χ1n) is 8.75. The van der Waals surface area contributed by atoms with Gasteiger partial charge < -0.3 is 19.8 Å². The lowest BCUT2D eigenvalue weighted by Gasteiger charge is -2.12. The maximum atomic E-state index is 13.9. The van der Waals surface area contributed by atoms with Gasteiger partial charge in [-0.2, -0.15) is 4.39 Å². The van der Waals surface area contributed by atoms with Crippen molar-refractivity contribution in [1.29, 1.82) is 0 Å². The highest BCUT2D eigenvalue weighted by Crippen LogP contribution is 2.30. The molecule has 0 aliphatic rings. The van der Waals surface area contributed by atoms with Crippen molar-refractivity contribution in [3.63, 3.8) is 0 Å². The average Bonchev–Trinajstić information content (AvgIpc) is 3.13. The second kappa shape index (κ2) is 7.86. The third-order valence-corrected chi connectivity index (χ3v) is 4.27. The van der Waals surface area contributed by atoms with Crippen molar-refractivity contribution >= 4 is 22.8 Å². The fraction of sp³-hybridized carbons (Fsp3) is 0.0500. The molecule has 0 aliphatic heterocycles. The average molecular weight is 430 g/mol. The van der Waals surface area contributed by atoms with E-state index in [9.17, 15) is 22.8 Å². The molecule has 0 saturated carbocycles. The van der Waals surface area contributed by atoms with E-state index in [2.05, 4.69) is 20.3 Å². The number of carbonyl (C=O) groups excluding carboxylic acids is 1. The molecule has 4 rings (SSSR count). The number of fused-ring (bicyclic) bond motifs is 1. The van der Waals surface area contributed by atoms with Gasteiger partial charge in [-0.1, -0.05) is 6.07 Å². The summed E-state index contributed by atoms with van der Waals surface area (Å²) in [4.78, 5) is 33.1. The lowest BCUT2D eigenvalue weighted by Crippen LogP contribution is -2.15. The summed E-state index contributed by atoms with van der Waals surface area (Å²) in [6.07, 6.45) is 1.44. The Kier molecular flexibility index (Phi) is 5.07. The number of anilines is 1. The Labute approximate surface area is 171 Å². The van der Waals surface area contributed by atoms with Crippen LogP contribution in [0, 0.1) is 17.5 Å². The zero-order valence-corrected chi connectivity index (χ0v) is 15.8. The van der Waals surface area contributed by atoms with Crippen molar-refractivity contribution in [2.45, 2.75) is 0 Å². The number of aromatic amines is 2. The number of imidazole rings is 1. The van der Waals surface area contributed by atoms with Gasteiger partial charge in [-0.05, 0) is 18.2 Å². The second-order valence-electron chi connectivity index (χ2n) is 6.26. The molecule has 2 aromatic heterocycles. The maximum Gasteiger partial charge on any atom is 0.325 e. The van der Waals surface area contributed by atoms with Gasteiger partial charge in [0.1, 0.15) is 11.3 Å². The molecule has 0 atom stereocenters. The molecule has 0 aliphatic carbocycles. The Morgan fingerprint density at radius 3 is 2.68 bits per heavy atom. The van der Waals surface area contributed by atoms with Crippen LogP contribution in [-0.2, 0) is 0 Å². The molecule has 0 unspecified atom stereocenters. The number of aromatic nitrogens is 3. The van der Waals surface area contributed by atoms with Gasteiger partial charge in [-0.3, -0.25) is 9.78 Å². The standard InChI is InChI=1S/C20H13F3N4O4/c1-30-17-11(8-12(21)14(22)15(17)23)19(28)25-9-3-2-4-10(7-9)31-13-5-6-24-18-16(13)26-20(29)27-18/h2-8H,1H3,(H,25,28)(H2,24,26,27,29). The van der Waals surface area contributed by atoms with Crippen LogP contribution in [0.4, 0.5) is 18.9 Å². The smallest absolute Gasteiger partial charge is 0.325 e. The first-order valence-corrected chi connectivity index (χ1v) is 8.75. The molecular formula is C20H13F3N4O4.